The van der Waals surface area contributed by atoms with Gasteiger partial charge in [-0.05, 0) is 52.2 Å². The first-order valence-corrected chi connectivity index (χ1v) is 9.67. The second-order valence-electron chi connectivity index (χ2n) is 6.22. The Hall–Kier alpha value is -1.14. The minimum Gasteiger partial charge on any atom is -0.357 e. The molecule has 1 aromatic heterocycles. The zero-order chi connectivity index (χ0) is 16.5. The van der Waals surface area contributed by atoms with E-state index in [0.29, 0.717) is 0 Å². The Kier molecular flexibility index (Phi) is 7.82. The minimum absolute atomic E-state index is 0.729. The SMILES string of the molecule is CCNC(=NCC1CCN(C)CC1)NCCc1ncc(CC)s1. The normalized spacial score (nSPS) is 17.4. The standard InChI is InChI=1S/C17H31N5S/c1-4-15-13-20-16(23-15)6-9-19-17(18-5-2)21-12-14-7-10-22(3)11-8-14/h13-14H,4-12H2,1-3H3,(H2,18,19,21). The number of rotatable bonds is 7. The van der Waals surface area contributed by atoms with Gasteiger partial charge >= 0.3 is 0 Å². The molecule has 0 spiro atoms. The molecule has 0 atom stereocenters. The van der Waals surface area contributed by atoms with E-state index in [2.05, 4.69) is 41.4 Å². The van der Waals surface area contributed by atoms with Gasteiger partial charge < -0.3 is 15.5 Å². The van der Waals surface area contributed by atoms with Crippen molar-refractivity contribution in [2.75, 3.05) is 39.8 Å². The van der Waals surface area contributed by atoms with E-state index in [0.717, 1.165) is 44.4 Å². The van der Waals surface area contributed by atoms with Crippen molar-refractivity contribution in [3.63, 3.8) is 0 Å². The zero-order valence-corrected chi connectivity index (χ0v) is 15.6. The number of aryl methyl sites for hydroxylation is 1. The molecule has 5 nitrogen and oxygen atoms in total. The van der Waals surface area contributed by atoms with Gasteiger partial charge in [0.1, 0.15) is 0 Å². The molecular formula is C17H31N5S. The highest BCUT2D eigenvalue weighted by molar-refractivity contribution is 7.11. The monoisotopic (exact) mass is 337 g/mol. The molecule has 0 amide bonds. The maximum atomic E-state index is 4.77. The van der Waals surface area contributed by atoms with Crippen molar-refractivity contribution in [1.29, 1.82) is 0 Å². The van der Waals surface area contributed by atoms with Crippen molar-refractivity contribution < 1.29 is 0 Å². The number of likely N-dealkylation sites (tertiary alicyclic amines) is 1. The summed E-state index contributed by atoms with van der Waals surface area (Å²) in [6.45, 7) is 9.41. The minimum atomic E-state index is 0.729. The van der Waals surface area contributed by atoms with Gasteiger partial charge in [-0.2, -0.15) is 0 Å². The molecule has 1 saturated heterocycles. The van der Waals surface area contributed by atoms with Crippen LogP contribution in [-0.4, -0.2) is 55.6 Å². The highest BCUT2D eigenvalue weighted by Gasteiger charge is 2.16. The van der Waals surface area contributed by atoms with Crippen molar-refractivity contribution in [1.82, 2.24) is 20.5 Å². The van der Waals surface area contributed by atoms with Gasteiger partial charge in [0.2, 0.25) is 0 Å². The number of thiazole rings is 1. The molecule has 2 rings (SSSR count). The first kappa shape index (κ1) is 18.2. The van der Waals surface area contributed by atoms with Crippen molar-refractivity contribution >= 4 is 17.3 Å². The van der Waals surface area contributed by atoms with Crippen LogP contribution in [0.15, 0.2) is 11.2 Å². The maximum Gasteiger partial charge on any atom is 0.191 e. The van der Waals surface area contributed by atoms with Crippen LogP contribution in [0.5, 0.6) is 0 Å². The Balaban J connectivity index is 1.74. The van der Waals surface area contributed by atoms with Crippen LogP contribution < -0.4 is 10.6 Å². The largest absolute Gasteiger partial charge is 0.357 e. The fraction of sp³-hybridized carbons (Fsp3) is 0.765. The summed E-state index contributed by atoms with van der Waals surface area (Å²) in [6, 6.07) is 0. The summed E-state index contributed by atoms with van der Waals surface area (Å²) in [5.74, 6) is 1.67. The number of nitrogens with one attached hydrogen (secondary N) is 2. The van der Waals surface area contributed by atoms with E-state index < -0.39 is 0 Å². The molecule has 23 heavy (non-hydrogen) atoms. The highest BCUT2D eigenvalue weighted by Crippen LogP contribution is 2.16. The molecule has 1 aliphatic heterocycles. The molecule has 2 N–H and O–H groups in total. The molecule has 1 fully saturated rings. The van der Waals surface area contributed by atoms with Crippen LogP contribution in [-0.2, 0) is 12.8 Å². The van der Waals surface area contributed by atoms with E-state index in [4.69, 9.17) is 4.99 Å². The van der Waals surface area contributed by atoms with Gasteiger partial charge in [-0.3, -0.25) is 4.99 Å². The van der Waals surface area contributed by atoms with Crippen molar-refractivity contribution in [2.45, 2.75) is 39.5 Å². The molecule has 0 bridgehead atoms. The van der Waals surface area contributed by atoms with Crippen LogP contribution >= 0.6 is 11.3 Å². The molecule has 2 heterocycles. The molecule has 0 unspecified atom stereocenters. The summed E-state index contributed by atoms with van der Waals surface area (Å²) < 4.78 is 0. The average Bonchev–Trinajstić information content (AvgIpc) is 3.02. The van der Waals surface area contributed by atoms with E-state index in [1.165, 1.54) is 35.8 Å². The molecule has 0 radical (unpaired) electrons. The van der Waals surface area contributed by atoms with E-state index in [1.54, 1.807) is 0 Å². The Morgan fingerprint density at radius 1 is 1.35 bits per heavy atom. The summed E-state index contributed by atoms with van der Waals surface area (Å²) in [4.78, 5) is 13.0. The van der Waals surface area contributed by atoms with E-state index in [1.807, 2.05) is 17.5 Å². The summed E-state index contributed by atoms with van der Waals surface area (Å²) in [7, 11) is 2.20. The zero-order valence-electron chi connectivity index (χ0n) is 14.8. The lowest BCUT2D eigenvalue weighted by Gasteiger charge is -2.28. The topological polar surface area (TPSA) is 52.6 Å². The lowest BCUT2D eigenvalue weighted by atomic mass is 9.97. The molecule has 0 saturated carbocycles. The smallest absolute Gasteiger partial charge is 0.191 e. The van der Waals surface area contributed by atoms with Gasteiger partial charge in [0.25, 0.3) is 0 Å². The van der Waals surface area contributed by atoms with Gasteiger partial charge in [-0.25, -0.2) is 4.98 Å². The number of aliphatic imine (C=N–C) groups is 1. The lowest BCUT2D eigenvalue weighted by molar-refractivity contribution is 0.223. The lowest BCUT2D eigenvalue weighted by Crippen LogP contribution is -2.39. The second-order valence-corrected chi connectivity index (χ2v) is 7.42. The maximum absolute atomic E-state index is 4.77. The van der Waals surface area contributed by atoms with Crippen LogP contribution in [0.4, 0.5) is 0 Å². The van der Waals surface area contributed by atoms with Gasteiger partial charge in [0.05, 0.1) is 5.01 Å². The average molecular weight is 338 g/mol. The van der Waals surface area contributed by atoms with Crippen molar-refractivity contribution in [3.8, 4) is 0 Å². The Morgan fingerprint density at radius 3 is 2.78 bits per heavy atom. The number of hydrogen-bond acceptors (Lipinski definition) is 4. The van der Waals surface area contributed by atoms with E-state index in [-0.39, 0.29) is 0 Å². The molecule has 1 aliphatic rings. The molecule has 1 aromatic rings. The van der Waals surface area contributed by atoms with Gasteiger partial charge in [0, 0.05) is 37.1 Å². The quantitative estimate of drug-likeness (QED) is 0.591. The van der Waals surface area contributed by atoms with Crippen LogP contribution in [0.3, 0.4) is 0 Å². The Bertz CT molecular complexity index is 477. The van der Waals surface area contributed by atoms with Crippen molar-refractivity contribution in [3.05, 3.63) is 16.1 Å². The number of aromatic nitrogens is 1. The predicted molar refractivity (Wildman–Crippen MR) is 99.4 cm³/mol. The molecule has 0 aliphatic carbocycles. The predicted octanol–water partition coefficient (Wildman–Crippen LogP) is 2.14. The van der Waals surface area contributed by atoms with E-state index in [9.17, 15) is 0 Å². The fourth-order valence-corrected chi connectivity index (χ4v) is 3.58. The number of guanidine groups is 1. The molecular weight excluding hydrogens is 306 g/mol. The van der Waals surface area contributed by atoms with Crippen LogP contribution in [0, 0.1) is 5.92 Å². The summed E-state index contributed by atoms with van der Waals surface area (Å²) in [5.41, 5.74) is 0. The van der Waals surface area contributed by atoms with Crippen molar-refractivity contribution in [2.24, 2.45) is 10.9 Å². The van der Waals surface area contributed by atoms with Crippen LogP contribution in [0.25, 0.3) is 0 Å². The second kappa shape index (κ2) is 9.88. The fourth-order valence-electron chi connectivity index (χ4n) is 2.72. The van der Waals surface area contributed by atoms with Gasteiger partial charge in [0.15, 0.2) is 5.96 Å². The first-order valence-electron chi connectivity index (χ1n) is 8.85. The highest BCUT2D eigenvalue weighted by atomic mass is 32.1. The third kappa shape index (κ3) is 6.47. The third-order valence-electron chi connectivity index (χ3n) is 4.27. The number of piperidine rings is 1. The van der Waals surface area contributed by atoms with Gasteiger partial charge in [-0.1, -0.05) is 6.92 Å². The Labute approximate surface area is 144 Å². The molecule has 0 aromatic carbocycles. The van der Waals surface area contributed by atoms with Gasteiger partial charge in [-0.15, -0.1) is 11.3 Å². The first-order chi connectivity index (χ1) is 11.2. The summed E-state index contributed by atoms with van der Waals surface area (Å²) in [6.07, 6.45) is 6.56. The molecule has 130 valence electrons. The van der Waals surface area contributed by atoms with Crippen LogP contribution in [0.2, 0.25) is 0 Å². The summed E-state index contributed by atoms with van der Waals surface area (Å²) in [5, 5.41) is 7.99. The third-order valence-corrected chi connectivity index (χ3v) is 5.47. The summed E-state index contributed by atoms with van der Waals surface area (Å²) >= 11 is 1.82. The number of hydrogen-bond donors (Lipinski definition) is 2. The van der Waals surface area contributed by atoms with Crippen LogP contribution in [0.1, 0.15) is 36.6 Å². The van der Waals surface area contributed by atoms with E-state index >= 15 is 0 Å². The Morgan fingerprint density at radius 2 is 2.13 bits per heavy atom. The number of nitrogens with zero attached hydrogens (tertiary/aromatic N) is 3. The molecule has 6 heteroatoms.